The minimum Gasteiger partial charge on any atom is -0.394 e. The molecule has 0 spiro atoms. The number of Topliss-reactive ketones (excluding diaryl/α,β-unsaturated/α-hetero) is 1. The fourth-order valence-corrected chi connectivity index (χ4v) is 0.588. The van der Waals surface area contributed by atoms with Gasteiger partial charge in [-0.2, -0.15) is 0 Å². The van der Waals surface area contributed by atoms with Crippen molar-refractivity contribution in [2.45, 2.75) is 18.3 Å². The minimum atomic E-state index is -1.99. The Hall–Kier alpha value is -0.560. The van der Waals surface area contributed by atoms with E-state index in [1.54, 1.807) is 0 Å². The van der Waals surface area contributed by atoms with Gasteiger partial charge in [0.1, 0.15) is 18.3 Å². The molecule has 0 aromatic heterocycles. The Morgan fingerprint density at radius 1 is 1.33 bits per heavy atom. The summed E-state index contributed by atoms with van der Waals surface area (Å²) >= 11 is 0. The molecule has 12 heavy (non-hydrogen) atoms. The molecule has 0 aromatic rings. The van der Waals surface area contributed by atoms with E-state index in [1.807, 2.05) is 0 Å². The second-order valence-corrected chi connectivity index (χ2v) is 2.29. The van der Waals surface area contributed by atoms with Crippen molar-refractivity contribution in [3.63, 3.8) is 0 Å². The molecule has 0 aliphatic rings. The predicted molar refractivity (Wildman–Crippen MR) is 36.1 cm³/mol. The lowest BCUT2D eigenvalue weighted by molar-refractivity contribution is -0.140. The van der Waals surface area contributed by atoms with E-state index >= 15 is 0 Å². The topological polar surface area (TPSA) is 98.0 Å². The van der Waals surface area contributed by atoms with E-state index in [-0.39, 0.29) is 0 Å². The van der Waals surface area contributed by atoms with Gasteiger partial charge in [0.15, 0.2) is 12.5 Å². The zero-order valence-corrected chi connectivity index (χ0v) is 6.22. The van der Waals surface area contributed by atoms with Crippen molar-refractivity contribution in [3.05, 3.63) is 0 Å². The van der Waals surface area contributed by atoms with Crippen LogP contribution in [0.3, 0.4) is 0 Å². The number of carbonyl (C=O) groups is 1. The summed E-state index contributed by atoms with van der Waals surface area (Å²) in [5.74, 6) is -1.23. The Morgan fingerprint density at radius 3 is 2.17 bits per heavy atom. The summed E-state index contributed by atoms with van der Waals surface area (Å²) in [6.45, 7) is -2.23. The number of halogens is 1. The van der Waals surface area contributed by atoms with Crippen LogP contribution in [0.15, 0.2) is 0 Å². The Kier molecular flexibility index (Phi) is 4.91. The normalized spacial score (nSPS) is 18.4. The number of ketones is 1. The van der Waals surface area contributed by atoms with Gasteiger partial charge in [0.2, 0.25) is 0 Å². The molecule has 0 heterocycles. The van der Waals surface area contributed by atoms with Gasteiger partial charge in [-0.05, 0) is 0 Å². The molecule has 0 unspecified atom stereocenters. The van der Waals surface area contributed by atoms with Gasteiger partial charge in [-0.3, -0.25) is 4.79 Å². The minimum absolute atomic E-state index is 0.808. The number of aliphatic hydroxyl groups excluding tert-OH is 4. The summed E-state index contributed by atoms with van der Waals surface area (Å²) in [6.07, 6.45) is -5.48. The van der Waals surface area contributed by atoms with Crippen molar-refractivity contribution < 1.29 is 29.6 Å². The number of hydrogen-bond acceptors (Lipinski definition) is 5. The lowest BCUT2D eigenvalue weighted by Crippen LogP contribution is -2.44. The van der Waals surface area contributed by atoms with Gasteiger partial charge in [0.25, 0.3) is 0 Å². The first kappa shape index (κ1) is 11.4. The predicted octanol–water partition coefficient (Wildman–Crippen LogP) is -2.40. The quantitative estimate of drug-likeness (QED) is 0.380. The largest absolute Gasteiger partial charge is 0.394 e. The van der Waals surface area contributed by atoms with Gasteiger partial charge in [-0.15, -0.1) is 0 Å². The first-order valence-corrected chi connectivity index (χ1v) is 3.28. The van der Waals surface area contributed by atoms with Crippen LogP contribution in [0.25, 0.3) is 0 Å². The molecule has 0 aliphatic heterocycles. The van der Waals surface area contributed by atoms with Crippen molar-refractivity contribution in [1.29, 1.82) is 0 Å². The maximum Gasteiger partial charge on any atom is 0.194 e. The molecule has 0 bridgehead atoms. The van der Waals surface area contributed by atoms with Crippen molar-refractivity contribution in [2.75, 3.05) is 13.3 Å². The van der Waals surface area contributed by atoms with Gasteiger partial charge in [-0.1, -0.05) is 0 Å². The van der Waals surface area contributed by atoms with Crippen molar-refractivity contribution in [2.24, 2.45) is 0 Å². The molecule has 5 nitrogen and oxygen atoms in total. The second-order valence-electron chi connectivity index (χ2n) is 2.29. The first-order chi connectivity index (χ1) is 5.54. The number of hydrogen-bond donors (Lipinski definition) is 4. The van der Waals surface area contributed by atoms with Gasteiger partial charge < -0.3 is 20.4 Å². The van der Waals surface area contributed by atoms with Gasteiger partial charge >= 0.3 is 0 Å². The molecule has 0 fully saturated rings. The van der Waals surface area contributed by atoms with Crippen molar-refractivity contribution in [3.8, 4) is 0 Å². The molecule has 0 saturated carbocycles. The SMILES string of the molecule is O=C(CF)[C@H](O)[C@@H](O)[C@@H](O)CO. The highest BCUT2D eigenvalue weighted by Gasteiger charge is 2.29. The summed E-state index contributed by atoms with van der Waals surface area (Å²) in [7, 11) is 0. The zero-order chi connectivity index (χ0) is 9.72. The molecule has 0 aromatic carbocycles. The standard InChI is InChI=1S/C6H11FO5/c7-1-3(9)5(11)6(12)4(10)2-8/h4-6,8,10-12H,1-2H2/t4-,5-,6-/m0/s1. The Bertz CT molecular complexity index is 151. The Morgan fingerprint density at radius 2 is 1.83 bits per heavy atom. The first-order valence-electron chi connectivity index (χ1n) is 3.28. The molecule has 6 heteroatoms. The lowest BCUT2D eigenvalue weighted by Gasteiger charge is -2.19. The molecule has 0 radical (unpaired) electrons. The van der Waals surface area contributed by atoms with Crippen LogP contribution >= 0.6 is 0 Å². The Balaban J connectivity index is 4.08. The van der Waals surface area contributed by atoms with Crippen LogP contribution in [0, 0.1) is 0 Å². The van der Waals surface area contributed by atoms with Gasteiger partial charge in [0, 0.05) is 0 Å². The number of carbonyl (C=O) groups excluding carboxylic acids is 1. The van der Waals surface area contributed by atoms with E-state index in [0.717, 1.165) is 0 Å². The van der Waals surface area contributed by atoms with Crippen LogP contribution < -0.4 is 0 Å². The third-order valence-corrected chi connectivity index (χ3v) is 1.37. The van der Waals surface area contributed by atoms with E-state index in [2.05, 4.69) is 0 Å². The summed E-state index contributed by atoms with van der Waals surface area (Å²) < 4.78 is 11.6. The lowest BCUT2D eigenvalue weighted by atomic mass is 10.1. The number of alkyl halides is 1. The number of aliphatic hydroxyl groups is 4. The van der Waals surface area contributed by atoms with E-state index in [1.165, 1.54) is 0 Å². The molecule has 0 aliphatic carbocycles. The highest BCUT2D eigenvalue weighted by Crippen LogP contribution is 2.01. The van der Waals surface area contributed by atoms with Crippen LogP contribution in [0.5, 0.6) is 0 Å². The average Bonchev–Trinajstić information content (AvgIpc) is 2.12. The van der Waals surface area contributed by atoms with Gasteiger partial charge in [0.05, 0.1) is 6.61 Å². The zero-order valence-electron chi connectivity index (χ0n) is 6.22. The fourth-order valence-electron chi connectivity index (χ4n) is 0.588. The summed E-state index contributed by atoms with van der Waals surface area (Å²) in [5, 5.41) is 34.6. The van der Waals surface area contributed by atoms with E-state index in [4.69, 9.17) is 20.4 Å². The maximum atomic E-state index is 11.6. The molecule has 0 saturated heterocycles. The van der Waals surface area contributed by atoms with E-state index in [9.17, 15) is 9.18 Å². The second kappa shape index (κ2) is 5.15. The van der Waals surface area contributed by atoms with Crippen LogP contribution in [0.2, 0.25) is 0 Å². The molecule has 3 atom stereocenters. The third kappa shape index (κ3) is 2.82. The van der Waals surface area contributed by atoms with E-state index < -0.39 is 37.4 Å². The maximum absolute atomic E-state index is 11.6. The molecule has 0 amide bonds. The van der Waals surface area contributed by atoms with E-state index in [0.29, 0.717) is 0 Å². The highest BCUT2D eigenvalue weighted by molar-refractivity contribution is 5.84. The number of rotatable bonds is 5. The summed E-state index contributed by atoms with van der Waals surface area (Å²) in [6, 6.07) is 0. The monoisotopic (exact) mass is 182 g/mol. The summed E-state index contributed by atoms with van der Waals surface area (Å²) in [5.41, 5.74) is 0. The Labute approximate surface area is 68.1 Å². The van der Waals surface area contributed by atoms with Crippen molar-refractivity contribution >= 4 is 5.78 Å². The van der Waals surface area contributed by atoms with Crippen LogP contribution in [0.1, 0.15) is 0 Å². The summed E-state index contributed by atoms with van der Waals surface area (Å²) in [4.78, 5) is 10.4. The van der Waals surface area contributed by atoms with Crippen LogP contribution in [0.4, 0.5) is 4.39 Å². The van der Waals surface area contributed by atoms with Crippen molar-refractivity contribution in [1.82, 2.24) is 0 Å². The molecular formula is C6H11FO5. The highest BCUT2D eigenvalue weighted by atomic mass is 19.1. The molecular weight excluding hydrogens is 171 g/mol. The van der Waals surface area contributed by atoms with Crippen LogP contribution in [-0.4, -0.2) is 57.8 Å². The smallest absolute Gasteiger partial charge is 0.194 e. The van der Waals surface area contributed by atoms with Gasteiger partial charge in [-0.25, -0.2) is 4.39 Å². The fraction of sp³-hybridized carbons (Fsp3) is 0.833. The third-order valence-electron chi connectivity index (χ3n) is 1.37. The van der Waals surface area contributed by atoms with Crippen LogP contribution in [-0.2, 0) is 4.79 Å². The molecule has 72 valence electrons. The average molecular weight is 182 g/mol. The molecule has 4 N–H and O–H groups in total. The molecule has 0 rings (SSSR count).